The van der Waals surface area contributed by atoms with Crippen LogP contribution in [0.4, 0.5) is 4.39 Å². The van der Waals surface area contributed by atoms with Crippen LogP contribution in [-0.2, 0) is 9.59 Å². The number of hydrogen-bond acceptors (Lipinski definition) is 2. The zero-order valence-corrected chi connectivity index (χ0v) is 13.2. The van der Waals surface area contributed by atoms with Crippen LogP contribution in [0.2, 0.25) is 0 Å². The van der Waals surface area contributed by atoms with Crippen molar-refractivity contribution in [1.29, 1.82) is 0 Å². The molecule has 0 aliphatic heterocycles. The van der Waals surface area contributed by atoms with Gasteiger partial charge in [-0.3, -0.25) is 4.79 Å². The second-order valence-corrected chi connectivity index (χ2v) is 7.06. The zero-order chi connectivity index (χ0) is 16.6. The van der Waals surface area contributed by atoms with Gasteiger partial charge in [-0.25, -0.2) is 9.18 Å². The van der Waals surface area contributed by atoms with Crippen LogP contribution in [0, 0.1) is 17.7 Å². The van der Waals surface area contributed by atoms with Crippen LogP contribution in [0.3, 0.4) is 0 Å². The van der Waals surface area contributed by atoms with Gasteiger partial charge in [-0.2, -0.15) is 0 Å². The normalized spacial score (nSPS) is 33.0. The minimum atomic E-state index is -1.11. The molecule has 5 heteroatoms. The highest BCUT2D eigenvalue weighted by molar-refractivity contribution is 5.90. The van der Waals surface area contributed by atoms with Crippen molar-refractivity contribution < 1.29 is 19.1 Å². The number of carboxylic acids is 1. The van der Waals surface area contributed by atoms with Gasteiger partial charge in [0.1, 0.15) is 11.4 Å². The smallest absolute Gasteiger partial charge is 0.329 e. The van der Waals surface area contributed by atoms with E-state index in [0.29, 0.717) is 25.2 Å². The Hall–Kier alpha value is -1.91. The zero-order valence-electron chi connectivity index (χ0n) is 13.2. The molecule has 2 aliphatic carbocycles. The Bertz CT molecular complexity index is 605. The van der Waals surface area contributed by atoms with Crippen molar-refractivity contribution in [3.05, 3.63) is 35.6 Å². The van der Waals surface area contributed by atoms with Crippen molar-refractivity contribution in [3.8, 4) is 0 Å². The summed E-state index contributed by atoms with van der Waals surface area (Å²) in [6, 6.07) is 6.18. The number of benzene rings is 1. The summed E-state index contributed by atoms with van der Waals surface area (Å²) in [7, 11) is 0. The molecule has 0 heterocycles. The lowest BCUT2D eigenvalue weighted by Crippen LogP contribution is -2.56. The molecule has 23 heavy (non-hydrogen) atoms. The van der Waals surface area contributed by atoms with E-state index >= 15 is 0 Å². The summed E-state index contributed by atoms with van der Waals surface area (Å²) >= 11 is 0. The molecular weight excluding hydrogens is 297 g/mol. The van der Waals surface area contributed by atoms with Crippen molar-refractivity contribution in [2.24, 2.45) is 11.8 Å². The average molecular weight is 319 g/mol. The van der Waals surface area contributed by atoms with Crippen LogP contribution >= 0.6 is 0 Å². The Morgan fingerprint density at radius 3 is 2.39 bits per heavy atom. The SMILES string of the molecule is CC1CCC(NC(=O)C2CC2c2ccc(F)cc2)(C(=O)O)CC1. The Balaban J connectivity index is 1.65. The van der Waals surface area contributed by atoms with Crippen LogP contribution in [-0.4, -0.2) is 22.5 Å². The fraction of sp³-hybridized carbons (Fsp3) is 0.556. The number of carbonyl (C=O) groups is 2. The monoisotopic (exact) mass is 319 g/mol. The van der Waals surface area contributed by atoms with Crippen molar-refractivity contribution >= 4 is 11.9 Å². The van der Waals surface area contributed by atoms with E-state index < -0.39 is 11.5 Å². The highest BCUT2D eigenvalue weighted by atomic mass is 19.1. The summed E-state index contributed by atoms with van der Waals surface area (Å²) in [5, 5.41) is 12.4. The van der Waals surface area contributed by atoms with Gasteiger partial charge in [0, 0.05) is 5.92 Å². The van der Waals surface area contributed by atoms with Gasteiger partial charge in [0.25, 0.3) is 0 Å². The van der Waals surface area contributed by atoms with Gasteiger partial charge >= 0.3 is 5.97 Å². The van der Waals surface area contributed by atoms with E-state index in [1.807, 2.05) is 0 Å². The first-order valence-corrected chi connectivity index (χ1v) is 8.22. The predicted octanol–water partition coefficient (Wildman–Crippen LogP) is 3.08. The Morgan fingerprint density at radius 2 is 1.83 bits per heavy atom. The first-order valence-electron chi connectivity index (χ1n) is 8.22. The van der Waals surface area contributed by atoms with E-state index in [2.05, 4.69) is 12.2 Å². The first-order chi connectivity index (χ1) is 10.9. The molecule has 0 bridgehead atoms. The van der Waals surface area contributed by atoms with Crippen molar-refractivity contribution in [2.45, 2.75) is 50.5 Å². The summed E-state index contributed by atoms with van der Waals surface area (Å²) in [6.45, 7) is 2.11. The number of carbonyl (C=O) groups excluding carboxylic acids is 1. The highest BCUT2D eigenvalue weighted by Crippen LogP contribution is 2.48. The second-order valence-electron chi connectivity index (χ2n) is 7.06. The summed E-state index contributed by atoms with van der Waals surface area (Å²) < 4.78 is 13.0. The topological polar surface area (TPSA) is 66.4 Å². The van der Waals surface area contributed by atoms with Crippen molar-refractivity contribution in [2.75, 3.05) is 0 Å². The minimum absolute atomic E-state index is 0.0731. The number of nitrogens with one attached hydrogen (secondary N) is 1. The van der Waals surface area contributed by atoms with Gasteiger partial charge in [0.2, 0.25) is 5.91 Å². The number of carboxylic acid groups (broad SMARTS) is 1. The molecule has 124 valence electrons. The fourth-order valence-electron chi connectivity index (χ4n) is 3.54. The molecule has 0 saturated heterocycles. The fourth-order valence-corrected chi connectivity index (χ4v) is 3.54. The molecule has 2 saturated carbocycles. The quantitative estimate of drug-likeness (QED) is 0.896. The molecule has 2 N–H and O–H groups in total. The molecular formula is C18H22FNO3. The van der Waals surface area contributed by atoms with Crippen molar-refractivity contribution in [3.63, 3.8) is 0 Å². The maximum Gasteiger partial charge on any atom is 0.329 e. The molecule has 4 nitrogen and oxygen atoms in total. The van der Waals surface area contributed by atoms with Crippen LogP contribution < -0.4 is 5.32 Å². The Labute approximate surface area is 135 Å². The molecule has 3 rings (SSSR count). The number of rotatable bonds is 4. The molecule has 1 aromatic rings. The lowest BCUT2D eigenvalue weighted by Gasteiger charge is -2.36. The van der Waals surface area contributed by atoms with Crippen LogP contribution in [0.15, 0.2) is 24.3 Å². The number of aliphatic carboxylic acids is 1. The van der Waals surface area contributed by atoms with Crippen LogP contribution in [0.1, 0.15) is 50.5 Å². The third kappa shape index (κ3) is 3.23. The van der Waals surface area contributed by atoms with E-state index in [1.165, 1.54) is 12.1 Å². The standard InChI is InChI=1S/C18H22FNO3/c1-11-6-8-18(9-7-11,17(22)23)20-16(21)15-10-14(15)12-2-4-13(19)5-3-12/h2-5,11,14-15H,6-10H2,1H3,(H,20,21)(H,22,23). The molecule has 0 spiro atoms. The average Bonchev–Trinajstić information content (AvgIpc) is 3.31. The van der Waals surface area contributed by atoms with Crippen molar-refractivity contribution in [1.82, 2.24) is 5.32 Å². The summed E-state index contributed by atoms with van der Waals surface area (Å²) in [5.41, 5.74) is -0.173. The van der Waals surface area contributed by atoms with Crippen LogP contribution in [0.25, 0.3) is 0 Å². The molecule has 1 amide bonds. The predicted molar refractivity (Wildman–Crippen MR) is 83.4 cm³/mol. The van der Waals surface area contributed by atoms with Gasteiger partial charge in [-0.15, -0.1) is 0 Å². The largest absolute Gasteiger partial charge is 0.480 e. The molecule has 2 fully saturated rings. The third-order valence-electron chi connectivity index (χ3n) is 5.33. The number of amides is 1. The van der Waals surface area contributed by atoms with E-state index in [1.54, 1.807) is 12.1 Å². The van der Waals surface area contributed by atoms with Gasteiger partial charge in [-0.05, 0) is 61.6 Å². The van der Waals surface area contributed by atoms with Gasteiger partial charge in [-0.1, -0.05) is 19.1 Å². The lowest BCUT2D eigenvalue weighted by molar-refractivity contribution is -0.150. The number of hydrogen-bond donors (Lipinski definition) is 2. The van der Waals surface area contributed by atoms with Gasteiger partial charge < -0.3 is 10.4 Å². The maximum atomic E-state index is 13.0. The third-order valence-corrected chi connectivity index (χ3v) is 5.33. The number of halogens is 1. The molecule has 0 radical (unpaired) electrons. The molecule has 0 aromatic heterocycles. The van der Waals surface area contributed by atoms with Gasteiger partial charge in [0.05, 0.1) is 0 Å². The van der Waals surface area contributed by atoms with E-state index in [-0.39, 0.29) is 23.6 Å². The van der Waals surface area contributed by atoms with Gasteiger partial charge in [0.15, 0.2) is 0 Å². The molecule has 2 atom stereocenters. The Kier molecular flexibility index (Phi) is 4.13. The second kappa shape index (κ2) is 5.95. The van der Waals surface area contributed by atoms with E-state index in [0.717, 1.165) is 18.4 Å². The highest BCUT2D eigenvalue weighted by Gasteiger charge is 2.49. The van der Waals surface area contributed by atoms with Crippen LogP contribution in [0.5, 0.6) is 0 Å². The lowest BCUT2D eigenvalue weighted by atomic mass is 9.77. The first kappa shape index (κ1) is 16.0. The summed E-state index contributed by atoms with van der Waals surface area (Å²) in [6.07, 6.45) is 3.31. The summed E-state index contributed by atoms with van der Waals surface area (Å²) in [4.78, 5) is 24.2. The maximum absolute atomic E-state index is 13.0. The molecule has 2 unspecified atom stereocenters. The Morgan fingerprint density at radius 1 is 1.22 bits per heavy atom. The minimum Gasteiger partial charge on any atom is -0.480 e. The summed E-state index contributed by atoms with van der Waals surface area (Å²) in [5.74, 6) is -1.03. The molecule has 2 aliphatic rings. The molecule has 1 aromatic carbocycles. The van der Waals surface area contributed by atoms with E-state index in [4.69, 9.17) is 0 Å². The van der Waals surface area contributed by atoms with E-state index in [9.17, 15) is 19.1 Å².